The average Bonchev–Trinajstić information content (AvgIpc) is 3.29. The molecule has 0 aliphatic carbocycles. The smallest absolute Gasteiger partial charge is 0.338 e. The Kier molecular flexibility index (Phi) is 5.73. The lowest BCUT2D eigenvalue weighted by Crippen LogP contribution is -2.23. The minimum Gasteiger partial charge on any atom is -0.338 e. The molecule has 2 amide bonds. The Morgan fingerprint density at radius 1 is 0.757 bits per heavy atom. The zero-order valence-corrected chi connectivity index (χ0v) is 18.5. The van der Waals surface area contributed by atoms with E-state index in [0.29, 0.717) is 39.8 Å². The van der Waals surface area contributed by atoms with Crippen molar-refractivity contribution in [3.05, 3.63) is 90.3 Å². The number of hydrogen-bond donors (Lipinski definition) is 1. The Hall–Kier alpha value is -4.61. The molecule has 0 saturated carbocycles. The van der Waals surface area contributed by atoms with Crippen LogP contribution in [0.2, 0.25) is 0 Å². The monoisotopic (exact) mass is 514 g/mol. The zero-order chi connectivity index (χ0) is 26.4. The molecule has 12 heteroatoms. The van der Waals surface area contributed by atoms with Crippen LogP contribution in [0.25, 0.3) is 22.0 Å². The van der Waals surface area contributed by atoms with Gasteiger partial charge in [0.2, 0.25) is 0 Å². The third kappa shape index (κ3) is 4.77. The number of halogens is 6. The molecule has 0 fully saturated rings. The molecular formula is C25H14F6N5O. The Labute approximate surface area is 205 Å². The fourth-order valence-corrected chi connectivity index (χ4v) is 3.84. The van der Waals surface area contributed by atoms with Gasteiger partial charge in [0.05, 0.1) is 16.8 Å². The number of carbonyl (C=O) groups excluding carboxylic acids is 1. The van der Waals surface area contributed by atoms with E-state index in [-0.39, 0.29) is 11.9 Å². The Morgan fingerprint density at radius 3 is 1.95 bits per heavy atom. The fraction of sp³-hybridized carbons (Fsp3) is 0.0800. The van der Waals surface area contributed by atoms with Crippen molar-refractivity contribution in [2.45, 2.75) is 12.4 Å². The highest BCUT2D eigenvalue weighted by molar-refractivity contribution is 6.01. The summed E-state index contributed by atoms with van der Waals surface area (Å²) in [5, 5.41) is 15.5. The number of rotatable bonds is 4. The van der Waals surface area contributed by atoms with Gasteiger partial charge in [0.15, 0.2) is 5.82 Å². The number of nitrogens with one attached hydrogen (secondary N) is 1. The van der Waals surface area contributed by atoms with Crippen LogP contribution in [0, 0.1) is 0 Å². The first-order valence-corrected chi connectivity index (χ1v) is 10.6. The molecule has 1 aromatic heterocycles. The Balaban J connectivity index is 1.54. The van der Waals surface area contributed by atoms with Gasteiger partial charge in [0.25, 0.3) is 0 Å². The summed E-state index contributed by atoms with van der Waals surface area (Å²) < 4.78 is 79.6. The zero-order valence-electron chi connectivity index (χ0n) is 18.5. The molecule has 5 rings (SSSR count). The van der Waals surface area contributed by atoms with Crippen LogP contribution in [0.15, 0.2) is 79.1 Å². The lowest BCUT2D eigenvalue weighted by Gasteiger charge is -2.16. The molecule has 0 atom stereocenters. The molecule has 6 nitrogen and oxygen atoms in total. The third-order valence-corrected chi connectivity index (χ3v) is 5.56. The maximum atomic E-state index is 13.3. The second-order valence-corrected chi connectivity index (χ2v) is 7.99. The number of anilines is 3. The van der Waals surface area contributed by atoms with Crippen LogP contribution in [-0.4, -0.2) is 16.2 Å². The van der Waals surface area contributed by atoms with Gasteiger partial charge >= 0.3 is 18.4 Å². The molecule has 0 spiro atoms. The highest BCUT2D eigenvalue weighted by Gasteiger charge is 2.37. The Bertz CT molecular complexity index is 1500. The summed E-state index contributed by atoms with van der Waals surface area (Å²) in [4.78, 5) is 13.1. The molecule has 4 aromatic rings. The first-order valence-electron chi connectivity index (χ1n) is 10.6. The van der Waals surface area contributed by atoms with Crippen molar-refractivity contribution >= 4 is 34.0 Å². The van der Waals surface area contributed by atoms with Gasteiger partial charge in [-0.15, -0.1) is 10.2 Å². The average molecular weight is 514 g/mol. The number of carbonyl (C=O) groups is 1. The van der Waals surface area contributed by atoms with Crippen LogP contribution in [0.3, 0.4) is 0 Å². The predicted molar refractivity (Wildman–Crippen MR) is 124 cm³/mol. The lowest BCUT2D eigenvalue weighted by molar-refractivity contribution is -0.143. The van der Waals surface area contributed by atoms with Gasteiger partial charge in [-0.1, -0.05) is 36.4 Å². The van der Waals surface area contributed by atoms with Crippen LogP contribution < -0.4 is 15.5 Å². The second kappa shape index (κ2) is 8.80. The minimum atomic E-state index is -4.98. The van der Waals surface area contributed by atoms with E-state index in [0.717, 1.165) is 0 Å². The second-order valence-electron chi connectivity index (χ2n) is 7.99. The van der Waals surface area contributed by atoms with Crippen LogP contribution in [0.1, 0.15) is 11.1 Å². The van der Waals surface area contributed by atoms with Crippen molar-refractivity contribution in [1.82, 2.24) is 15.5 Å². The van der Waals surface area contributed by atoms with E-state index in [2.05, 4.69) is 20.8 Å². The molecule has 0 saturated heterocycles. The number of urea groups is 1. The minimum absolute atomic E-state index is 0.0159. The highest BCUT2D eigenvalue weighted by Crippen LogP contribution is 2.39. The molecular weight excluding hydrogens is 500 g/mol. The SMILES string of the molecule is O=C1[N]C=CN1c1ccc(-c2nnc(Nc3cc(C(F)(F)F)cc(C(F)(F)F)c3)c3ccccc23)cc1. The molecule has 2 heterocycles. The maximum Gasteiger partial charge on any atom is 0.416 e. The molecule has 0 bridgehead atoms. The molecule has 3 aromatic carbocycles. The molecule has 187 valence electrons. The van der Waals surface area contributed by atoms with Crippen molar-refractivity contribution in [2.24, 2.45) is 0 Å². The van der Waals surface area contributed by atoms with Gasteiger partial charge in [-0.05, 0) is 30.3 Å². The van der Waals surface area contributed by atoms with E-state index in [9.17, 15) is 31.1 Å². The quantitative estimate of drug-likeness (QED) is 0.295. The van der Waals surface area contributed by atoms with Gasteiger partial charge in [-0.3, -0.25) is 4.90 Å². The number of nitrogens with zero attached hydrogens (tertiary/aromatic N) is 4. The van der Waals surface area contributed by atoms with Gasteiger partial charge < -0.3 is 5.32 Å². The standard InChI is InChI=1S/C25H14F6N5O/c26-24(27,28)15-11-16(25(29,30)31)13-17(12-15)33-22-20-4-2-1-3-19(20)21(34-35-22)14-5-7-18(8-6-14)36-10-9-32-23(36)37/h1-13H,(H,33,35). The summed E-state index contributed by atoms with van der Waals surface area (Å²) in [6.45, 7) is 0. The molecule has 1 aliphatic heterocycles. The summed E-state index contributed by atoms with van der Waals surface area (Å²) in [5.74, 6) is -0.0159. The molecule has 1 radical (unpaired) electrons. The summed E-state index contributed by atoms with van der Waals surface area (Å²) in [7, 11) is 0. The normalized spacial score (nSPS) is 13.8. The number of hydrogen-bond acceptors (Lipinski definition) is 4. The van der Waals surface area contributed by atoms with Crippen molar-refractivity contribution in [1.29, 1.82) is 0 Å². The Morgan fingerprint density at radius 2 is 1.38 bits per heavy atom. The van der Waals surface area contributed by atoms with Crippen molar-refractivity contribution in [2.75, 3.05) is 10.2 Å². The van der Waals surface area contributed by atoms with Crippen LogP contribution >= 0.6 is 0 Å². The van der Waals surface area contributed by atoms with Crippen LogP contribution in [0.5, 0.6) is 0 Å². The van der Waals surface area contributed by atoms with E-state index in [1.165, 1.54) is 17.3 Å². The number of aromatic nitrogens is 2. The predicted octanol–water partition coefficient (Wildman–Crippen LogP) is 7.09. The first kappa shape index (κ1) is 24.1. The molecule has 1 N–H and O–H groups in total. The van der Waals surface area contributed by atoms with Crippen molar-refractivity contribution in [3.63, 3.8) is 0 Å². The topological polar surface area (TPSA) is 72.2 Å². The highest BCUT2D eigenvalue weighted by atomic mass is 19.4. The number of fused-ring (bicyclic) bond motifs is 1. The van der Waals surface area contributed by atoms with Crippen LogP contribution in [-0.2, 0) is 12.4 Å². The largest absolute Gasteiger partial charge is 0.416 e. The van der Waals surface area contributed by atoms with Gasteiger partial charge in [0, 0.05) is 34.4 Å². The van der Waals surface area contributed by atoms with Crippen molar-refractivity contribution < 1.29 is 31.1 Å². The lowest BCUT2D eigenvalue weighted by atomic mass is 10.0. The number of benzene rings is 3. The molecule has 1 aliphatic rings. The fourth-order valence-electron chi connectivity index (χ4n) is 3.84. The number of amides is 2. The van der Waals surface area contributed by atoms with E-state index in [1.807, 2.05) is 0 Å². The van der Waals surface area contributed by atoms with Gasteiger partial charge in [-0.2, -0.15) is 31.7 Å². The van der Waals surface area contributed by atoms with Gasteiger partial charge in [0.1, 0.15) is 5.69 Å². The first-order chi connectivity index (χ1) is 17.5. The third-order valence-electron chi connectivity index (χ3n) is 5.56. The number of alkyl halides is 6. The summed E-state index contributed by atoms with van der Waals surface area (Å²) in [6, 6.07) is 14.3. The molecule has 37 heavy (non-hydrogen) atoms. The van der Waals surface area contributed by atoms with E-state index in [4.69, 9.17) is 0 Å². The summed E-state index contributed by atoms with van der Waals surface area (Å²) in [5.41, 5.74) is -1.69. The van der Waals surface area contributed by atoms with E-state index < -0.39 is 35.2 Å². The van der Waals surface area contributed by atoms with Crippen molar-refractivity contribution in [3.8, 4) is 11.3 Å². The van der Waals surface area contributed by atoms with E-state index in [1.54, 1.807) is 48.5 Å². The summed E-state index contributed by atoms with van der Waals surface area (Å²) in [6.07, 6.45) is -7.07. The molecule has 0 unspecified atom stereocenters. The van der Waals surface area contributed by atoms with Crippen LogP contribution in [0.4, 0.5) is 48.3 Å². The van der Waals surface area contributed by atoms with Gasteiger partial charge in [-0.25, -0.2) is 4.79 Å². The summed E-state index contributed by atoms with van der Waals surface area (Å²) >= 11 is 0. The van der Waals surface area contributed by atoms with E-state index >= 15 is 0 Å². The maximum absolute atomic E-state index is 13.3.